The second-order valence-electron chi connectivity index (χ2n) is 13.1. The van der Waals surface area contributed by atoms with Crippen molar-refractivity contribution in [3.05, 3.63) is 114 Å². The van der Waals surface area contributed by atoms with E-state index in [0.717, 1.165) is 42.7 Å². The maximum absolute atomic E-state index is 13.6. The Bertz CT molecular complexity index is 2150. The first-order valence-electron chi connectivity index (χ1n) is 18.8. The van der Waals surface area contributed by atoms with Gasteiger partial charge in [-0.15, -0.1) is 0 Å². The number of benzene rings is 3. The fourth-order valence-corrected chi connectivity index (χ4v) is 5.82. The molecule has 0 spiro atoms. The van der Waals surface area contributed by atoms with Gasteiger partial charge in [0.1, 0.15) is 24.1 Å². The molecule has 2 heterocycles. The van der Waals surface area contributed by atoms with Gasteiger partial charge in [-0.3, -0.25) is 19.8 Å². The van der Waals surface area contributed by atoms with Crippen molar-refractivity contribution < 1.29 is 33.4 Å². The molecule has 15 heteroatoms. The maximum atomic E-state index is 13.6. The predicted molar refractivity (Wildman–Crippen MR) is 218 cm³/mol. The van der Waals surface area contributed by atoms with Crippen molar-refractivity contribution in [2.45, 2.75) is 58.6 Å². The molecular formula is C42H48N8O7. The molecule has 2 aromatic heterocycles. The van der Waals surface area contributed by atoms with Crippen LogP contribution in [0.5, 0.6) is 0 Å². The van der Waals surface area contributed by atoms with Crippen LogP contribution >= 0.6 is 0 Å². The van der Waals surface area contributed by atoms with Gasteiger partial charge in [-0.2, -0.15) is 4.99 Å². The molecular weight excluding hydrogens is 729 g/mol. The van der Waals surface area contributed by atoms with Gasteiger partial charge in [0, 0.05) is 42.3 Å². The first-order chi connectivity index (χ1) is 27.6. The molecule has 0 fully saturated rings. The highest BCUT2D eigenvalue weighted by Gasteiger charge is 2.21. The lowest BCUT2D eigenvalue weighted by Gasteiger charge is -2.21. The lowest BCUT2D eigenvalue weighted by atomic mass is 10.1. The van der Waals surface area contributed by atoms with Crippen molar-refractivity contribution in [3.8, 4) is 0 Å². The molecule has 3 amide bonds. The van der Waals surface area contributed by atoms with Crippen LogP contribution in [0.3, 0.4) is 0 Å². The second-order valence-corrected chi connectivity index (χ2v) is 13.1. The summed E-state index contributed by atoms with van der Waals surface area (Å²) in [7, 11) is 3.20. The van der Waals surface area contributed by atoms with E-state index in [-0.39, 0.29) is 31.3 Å². The Kier molecular flexibility index (Phi) is 15.1. The lowest BCUT2D eigenvalue weighted by molar-refractivity contribution is -0.140. The molecule has 5 aromatic rings. The van der Waals surface area contributed by atoms with E-state index in [1.807, 2.05) is 29.8 Å². The number of aromatic nitrogens is 3. The number of nitrogens with two attached hydrogens (primary N) is 1. The smallest absolute Gasteiger partial charge is 0.435 e. The van der Waals surface area contributed by atoms with Crippen LogP contribution in [0.1, 0.15) is 72.8 Å². The number of imidazole rings is 1. The average molecular weight is 777 g/mol. The summed E-state index contributed by atoms with van der Waals surface area (Å²) in [6, 6.07) is 24.5. The standard InChI is InChI=1S/C42H48N8O7/c1-4-5-6-7-10-25-56-41(53)46-33-17-12-29(13-18-33)28-57-42(54)48-39(43)30-14-19-32(20-15-30)45-27-37-47-34-26-31(16-21-35(34)49(37)2)40(52)50(24-22-38(51)55-3)36-11-8-9-23-44-36/h8-9,11-21,23,26,45H,4-7,10,22,24-25,27-28H2,1-3H3,(H,46,53)(H2,43,48,54). The molecule has 3 aromatic carbocycles. The van der Waals surface area contributed by atoms with Gasteiger partial charge in [0.15, 0.2) is 0 Å². The molecule has 4 N–H and O–H groups in total. The quantitative estimate of drug-likeness (QED) is 0.0265. The number of amides is 3. The number of fused-ring (bicyclic) bond motifs is 1. The summed E-state index contributed by atoms with van der Waals surface area (Å²) in [5.41, 5.74) is 10.6. The third-order valence-corrected chi connectivity index (χ3v) is 9.05. The number of carbonyl (C=O) groups is 4. The van der Waals surface area contributed by atoms with E-state index in [1.165, 1.54) is 18.4 Å². The topological polar surface area (TPSA) is 192 Å². The van der Waals surface area contributed by atoms with Crippen molar-refractivity contribution in [1.29, 1.82) is 0 Å². The minimum absolute atomic E-state index is 0.00239. The minimum Gasteiger partial charge on any atom is -0.469 e. The number of methoxy groups -OCH3 is 1. The number of esters is 1. The number of carbonyl (C=O) groups excluding carboxylic acids is 4. The van der Waals surface area contributed by atoms with Crippen LogP contribution in [0.15, 0.2) is 96.1 Å². The molecule has 0 unspecified atom stereocenters. The van der Waals surface area contributed by atoms with Gasteiger partial charge >= 0.3 is 18.2 Å². The van der Waals surface area contributed by atoms with Crippen LogP contribution in [0, 0.1) is 0 Å². The first-order valence-corrected chi connectivity index (χ1v) is 18.8. The van der Waals surface area contributed by atoms with E-state index in [4.69, 9.17) is 24.9 Å². The highest BCUT2D eigenvalue weighted by Crippen LogP contribution is 2.22. The van der Waals surface area contributed by atoms with Gasteiger partial charge in [0.05, 0.1) is 37.7 Å². The summed E-state index contributed by atoms with van der Waals surface area (Å²) in [5.74, 6) is 0.410. The van der Waals surface area contributed by atoms with Gasteiger partial charge < -0.3 is 29.8 Å². The third kappa shape index (κ3) is 12.1. The van der Waals surface area contributed by atoms with E-state index in [1.54, 1.807) is 72.9 Å². The lowest BCUT2D eigenvalue weighted by Crippen LogP contribution is -2.33. The number of nitrogens with zero attached hydrogens (tertiary/aromatic N) is 5. The van der Waals surface area contributed by atoms with Crippen LogP contribution in [0.2, 0.25) is 0 Å². The number of ether oxygens (including phenoxy) is 3. The van der Waals surface area contributed by atoms with Crippen molar-refractivity contribution in [3.63, 3.8) is 0 Å². The normalized spacial score (nSPS) is 11.2. The fraction of sp³-hybridized carbons (Fsp3) is 0.310. The van der Waals surface area contributed by atoms with Crippen LogP contribution in [0.4, 0.5) is 26.8 Å². The van der Waals surface area contributed by atoms with Crippen molar-refractivity contribution in [2.75, 3.05) is 35.8 Å². The van der Waals surface area contributed by atoms with Gasteiger partial charge in [-0.1, -0.05) is 50.8 Å². The molecule has 0 aliphatic rings. The number of nitrogens with one attached hydrogen (secondary N) is 2. The Morgan fingerprint density at radius 2 is 1.61 bits per heavy atom. The molecule has 0 saturated carbocycles. The number of hydrogen-bond acceptors (Lipinski definition) is 10. The summed E-state index contributed by atoms with van der Waals surface area (Å²) >= 11 is 0. The molecule has 0 radical (unpaired) electrons. The van der Waals surface area contributed by atoms with Gasteiger partial charge in [0.2, 0.25) is 0 Å². The largest absolute Gasteiger partial charge is 0.469 e. The molecule has 0 saturated heterocycles. The summed E-state index contributed by atoms with van der Waals surface area (Å²) in [6.07, 6.45) is 5.62. The molecule has 15 nitrogen and oxygen atoms in total. The van der Waals surface area contributed by atoms with Crippen LogP contribution < -0.4 is 21.3 Å². The number of amidine groups is 1. The van der Waals surface area contributed by atoms with E-state index in [2.05, 4.69) is 27.5 Å². The van der Waals surface area contributed by atoms with Gasteiger partial charge in [-0.05, 0) is 78.7 Å². The second kappa shape index (κ2) is 20.8. The zero-order valence-electron chi connectivity index (χ0n) is 32.4. The Morgan fingerprint density at radius 1 is 0.877 bits per heavy atom. The van der Waals surface area contributed by atoms with Crippen molar-refractivity contribution in [2.24, 2.45) is 17.8 Å². The van der Waals surface area contributed by atoms with Crippen molar-refractivity contribution >= 4 is 58.1 Å². The molecule has 0 aliphatic heterocycles. The molecule has 5 rings (SSSR count). The Balaban J connectivity index is 1.11. The monoisotopic (exact) mass is 776 g/mol. The van der Waals surface area contributed by atoms with E-state index in [0.29, 0.717) is 46.9 Å². The fourth-order valence-electron chi connectivity index (χ4n) is 5.82. The molecule has 0 bridgehead atoms. The first kappa shape index (κ1) is 41.4. The van der Waals surface area contributed by atoms with Crippen LogP contribution in [-0.4, -0.2) is 64.7 Å². The molecule has 57 heavy (non-hydrogen) atoms. The Hall–Kier alpha value is -6.77. The molecule has 0 atom stereocenters. The highest BCUT2D eigenvalue weighted by atomic mass is 16.6. The summed E-state index contributed by atoms with van der Waals surface area (Å²) in [5, 5.41) is 6.03. The summed E-state index contributed by atoms with van der Waals surface area (Å²) < 4.78 is 17.2. The number of pyridine rings is 1. The van der Waals surface area contributed by atoms with E-state index in [9.17, 15) is 19.2 Å². The maximum Gasteiger partial charge on any atom is 0.435 e. The molecule has 0 aliphatic carbocycles. The van der Waals surface area contributed by atoms with Gasteiger partial charge in [0.25, 0.3) is 5.91 Å². The zero-order valence-corrected chi connectivity index (χ0v) is 32.4. The minimum atomic E-state index is -0.836. The number of aryl methyl sites for hydroxylation is 1. The molecule has 298 valence electrons. The van der Waals surface area contributed by atoms with Crippen LogP contribution in [0.25, 0.3) is 11.0 Å². The highest BCUT2D eigenvalue weighted by molar-refractivity contribution is 6.07. The average Bonchev–Trinajstić information content (AvgIpc) is 3.55. The number of aliphatic imine (C=N–C) groups is 1. The number of anilines is 3. The Labute approximate surface area is 331 Å². The Morgan fingerprint density at radius 3 is 2.33 bits per heavy atom. The van der Waals surface area contributed by atoms with E-state index >= 15 is 0 Å². The van der Waals surface area contributed by atoms with Crippen molar-refractivity contribution in [1.82, 2.24) is 14.5 Å². The number of unbranched alkanes of at least 4 members (excludes halogenated alkanes) is 4. The van der Waals surface area contributed by atoms with Crippen LogP contribution in [-0.2, 0) is 39.2 Å². The number of hydrogen-bond donors (Lipinski definition) is 3. The SMILES string of the molecule is CCCCCCCOC(=O)Nc1ccc(COC(=O)/N=C(\N)c2ccc(NCc3nc4cc(C(=O)N(CCC(=O)OC)c5ccccn5)ccc4n3C)cc2)cc1. The zero-order chi connectivity index (χ0) is 40.6. The summed E-state index contributed by atoms with van der Waals surface area (Å²) in [4.78, 5) is 64.3. The van der Waals surface area contributed by atoms with Gasteiger partial charge in [-0.25, -0.2) is 19.6 Å². The van der Waals surface area contributed by atoms with E-state index < -0.39 is 18.2 Å². The predicted octanol–water partition coefficient (Wildman–Crippen LogP) is 7.35. The summed E-state index contributed by atoms with van der Waals surface area (Å²) in [6.45, 7) is 2.99. The number of rotatable bonds is 18. The third-order valence-electron chi connectivity index (χ3n) is 9.05.